The van der Waals surface area contributed by atoms with Gasteiger partial charge in [0.1, 0.15) is 0 Å². The zero-order valence-electron chi connectivity index (χ0n) is 8.68. The highest BCUT2D eigenvalue weighted by Gasteiger charge is 2.42. The Morgan fingerprint density at radius 2 is 1.92 bits per heavy atom. The number of hydrogen-bond donors (Lipinski definition) is 2. The highest BCUT2D eigenvalue weighted by molar-refractivity contribution is 7.99. The van der Waals surface area contributed by atoms with Crippen molar-refractivity contribution in [1.29, 1.82) is 0 Å². The first-order valence-electron chi connectivity index (χ1n) is 4.99. The molecule has 3 heteroatoms. The second-order valence-corrected chi connectivity index (χ2v) is 5.81. The molecule has 0 bridgehead atoms. The van der Waals surface area contributed by atoms with Gasteiger partial charge >= 0.3 is 0 Å². The van der Waals surface area contributed by atoms with E-state index in [1.807, 2.05) is 11.8 Å². The number of aliphatic hydroxyl groups is 1. The Morgan fingerprint density at radius 1 is 1.38 bits per heavy atom. The average Bonchev–Trinajstić information content (AvgIpc) is 2.04. The monoisotopic (exact) mass is 203 g/mol. The van der Waals surface area contributed by atoms with Gasteiger partial charge in [-0.1, -0.05) is 0 Å². The van der Waals surface area contributed by atoms with Crippen molar-refractivity contribution in [2.45, 2.75) is 38.6 Å². The van der Waals surface area contributed by atoms with E-state index in [2.05, 4.69) is 13.8 Å². The molecule has 0 saturated carbocycles. The first-order valence-corrected chi connectivity index (χ1v) is 6.15. The zero-order chi connectivity index (χ0) is 9.95. The Balaban J connectivity index is 2.73. The van der Waals surface area contributed by atoms with Crippen LogP contribution < -0.4 is 5.73 Å². The van der Waals surface area contributed by atoms with Gasteiger partial charge in [0.05, 0.1) is 0 Å². The van der Waals surface area contributed by atoms with Crippen LogP contribution in [0, 0.1) is 5.41 Å². The molecule has 3 N–H and O–H groups in total. The van der Waals surface area contributed by atoms with Gasteiger partial charge in [-0.2, -0.15) is 11.8 Å². The largest absolute Gasteiger partial charge is 0.396 e. The summed E-state index contributed by atoms with van der Waals surface area (Å²) >= 11 is 2.00. The molecule has 13 heavy (non-hydrogen) atoms. The van der Waals surface area contributed by atoms with E-state index < -0.39 is 0 Å². The van der Waals surface area contributed by atoms with Crippen molar-refractivity contribution in [3.8, 4) is 0 Å². The Kier molecular flexibility index (Phi) is 3.66. The quantitative estimate of drug-likeness (QED) is 0.732. The summed E-state index contributed by atoms with van der Waals surface area (Å²) < 4.78 is 0. The molecule has 1 heterocycles. The summed E-state index contributed by atoms with van der Waals surface area (Å²) in [5.41, 5.74) is 6.23. The molecule has 0 unspecified atom stereocenters. The third-order valence-corrected chi connectivity index (χ3v) is 4.39. The minimum atomic E-state index is -0.156. The van der Waals surface area contributed by atoms with Crippen LogP contribution in [0.5, 0.6) is 0 Å². The number of nitrogens with two attached hydrogens (primary N) is 1. The highest BCUT2D eigenvalue weighted by Crippen LogP contribution is 2.44. The van der Waals surface area contributed by atoms with Gasteiger partial charge in [-0.25, -0.2) is 0 Å². The molecule has 0 aromatic rings. The lowest BCUT2D eigenvalue weighted by atomic mass is 9.66. The minimum Gasteiger partial charge on any atom is -0.396 e. The molecule has 0 radical (unpaired) electrons. The molecule has 0 aromatic carbocycles. The summed E-state index contributed by atoms with van der Waals surface area (Å²) in [4.78, 5) is 0. The summed E-state index contributed by atoms with van der Waals surface area (Å²) in [6.45, 7) is 4.46. The maximum Gasteiger partial charge on any atom is 0.0437 e. The van der Waals surface area contributed by atoms with Gasteiger partial charge in [0.25, 0.3) is 0 Å². The normalized spacial score (nSPS) is 23.1. The summed E-state index contributed by atoms with van der Waals surface area (Å²) in [5, 5.41) is 9.08. The smallest absolute Gasteiger partial charge is 0.0437 e. The molecule has 1 aliphatic rings. The highest BCUT2D eigenvalue weighted by atomic mass is 32.2. The Morgan fingerprint density at radius 3 is 2.31 bits per heavy atom. The lowest BCUT2D eigenvalue weighted by molar-refractivity contribution is 0.0892. The third kappa shape index (κ3) is 2.39. The van der Waals surface area contributed by atoms with Crippen molar-refractivity contribution in [3.05, 3.63) is 0 Å². The van der Waals surface area contributed by atoms with Crippen LogP contribution in [-0.2, 0) is 0 Å². The van der Waals surface area contributed by atoms with Crippen LogP contribution in [0.1, 0.15) is 33.1 Å². The number of aliphatic hydroxyl groups excluding tert-OH is 1. The van der Waals surface area contributed by atoms with Gasteiger partial charge in [0.2, 0.25) is 0 Å². The number of rotatable bonds is 3. The van der Waals surface area contributed by atoms with Gasteiger partial charge in [-0.05, 0) is 50.0 Å². The van der Waals surface area contributed by atoms with E-state index in [0.29, 0.717) is 0 Å². The van der Waals surface area contributed by atoms with E-state index in [4.69, 9.17) is 10.8 Å². The van der Waals surface area contributed by atoms with Crippen LogP contribution in [0.2, 0.25) is 0 Å². The van der Waals surface area contributed by atoms with E-state index in [1.165, 1.54) is 11.5 Å². The van der Waals surface area contributed by atoms with Crippen LogP contribution in [0.4, 0.5) is 0 Å². The fourth-order valence-corrected chi connectivity index (χ4v) is 3.47. The number of thioether (sulfide) groups is 1. The van der Waals surface area contributed by atoms with Gasteiger partial charge in [0.15, 0.2) is 0 Å². The Hall–Kier alpha value is 0.270. The second-order valence-electron chi connectivity index (χ2n) is 4.59. The molecule has 0 aromatic heterocycles. The molecule has 2 nitrogen and oxygen atoms in total. The SMILES string of the molecule is CC(C)(N)C1(CCO)CCSCC1. The predicted octanol–water partition coefficient (Wildman–Crippen LogP) is 1.62. The van der Waals surface area contributed by atoms with Crippen molar-refractivity contribution >= 4 is 11.8 Å². The maximum absolute atomic E-state index is 9.08. The summed E-state index contributed by atoms with van der Waals surface area (Å²) in [5.74, 6) is 2.39. The fraction of sp³-hybridized carbons (Fsp3) is 1.00. The van der Waals surface area contributed by atoms with Gasteiger partial charge in [-0.3, -0.25) is 0 Å². The van der Waals surface area contributed by atoms with Crippen LogP contribution in [-0.4, -0.2) is 28.8 Å². The molecule has 0 spiro atoms. The Bertz CT molecular complexity index is 153. The molecule has 1 rings (SSSR count). The minimum absolute atomic E-state index is 0.156. The van der Waals surface area contributed by atoms with E-state index in [0.717, 1.165) is 19.3 Å². The van der Waals surface area contributed by atoms with Crippen molar-refractivity contribution in [2.75, 3.05) is 18.1 Å². The second kappa shape index (κ2) is 4.20. The lowest BCUT2D eigenvalue weighted by Gasteiger charge is -2.47. The average molecular weight is 203 g/mol. The lowest BCUT2D eigenvalue weighted by Crippen LogP contribution is -2.53. The van der Waals surface area contributed by atoms with E-state index in [-0.39, 0.29) is 17.6 Å². The standard InChI is InChI=1S/C10H21NOS/c1-9(2,11)10(3-6-12)4-7-13-8-5-10/h12H,3-8,11H2,1-2H3. The molecule has 1 aliphatic heterocycles. The van der Waals surface area contributed by atoms with E-state index in [9.17, 15) is 0 Å². The van der Waals surface area contributed by atoms with Gasteiger partial charge in [0, 0.05) is 12.1 Å². The topological polar surface area (TPSA) is 46.2 Å². The van der Waals surface area contributed by atoms with Crippen molar-refractivity contribution < 1.29 is 5.11 Å². The van der Waals surface area contributed by atoms with Crippen molar-refractivity contribution in [1.82, 2.24) is 0 Å². The van der Waals surface area contributed by atoms with Gasteiger partial charge < -0.3 is 10.8 Å². The van der Waals surface area contributed by atoms with E-state index >= 15 is 0 Å². The number of hydrogen-bond acceptors (Lipinski definition) is 3. The molecule has 0 atom stereocenters. The van der Waals surface area contributed by atoms with Crippen molar-refractivity contribution in [3.63, 3.8) is 0 Å². The molecular formula is C10H21NOS. The predicted molar refractivity (Wildman–Crippen MR) is 59.0 cm³/mol. The fourth-order valence-electron chi connectivity index (χ4n) is 2.19. The first kappa shape index (κ1) is 11.3. The van der Waals surface area contributed by atoms with Crippen molar-refractivity contribution in [2.24, 2.45) is 11.1 Å². The summed E-state index contributed by atoms with van der Waals surface area (Å²) in [6, 6.07) is 0. The van der Waals surface area contributed by atoms with Gasteiger partial charge in [-0.15, -0.1) is 0 Å². The third-order valence-electron chi connectivity index (χ3n) is 3.41. The molecule has 0 amide bonds. The van der Waals surface area contributed by atoms with Crippen LogP contribution in [0.25, 0.3) is 0 Å². The zero-order valence-corrected chi connectivity index (χ0v) is 9.49. The maximum atomic E-state index is 9.08. The summed E-state index contributed by atoms with van der Waals surface area (Å²) in [7, 11) is 0. The molecular weight excluding hydrogens is 182 g/mol. The summed E-state index contributed by atoms with van der Waals surface area (Å²) in [6.07, 6.45) is 3.17. The van der Waals surface area contributed by atoms with Crippen LogP contribution in [0.15, 0.2) is 0 Å². The molecule has 78 valence electrons. The molecule has 1 fully saturated rings. The van der Waals surface area contributed by atoms with Crippen LogP contribution >= 0.6 is 11.8 Å². The molecule has 1 saturated heterocycles. The van der Waals surface area contributed by atoms with E-state index in [1.54, 1.807) is 0 Å². The Labute approximate surface area is 85.3 Å². The molecule has 0 aliphatic carbocycles. The first-order chi connectivity index (χ1) is 6.02. The van der Waals surface area contributed by atoms with Crippen LogP contribution in [0.3, 0.4) is 0 Å².